The SMILES string of the molecule is CCOC(=O)c1sc(Br)nc1Cc1cc(C(F)(F)F)cc(C(F)(F)F)c1. The number of benzene rings is 1. The zero-order valence-corrected chi connectivity index (χ0v) is 15.4. The molecule has 0 unspecified atom stereocenters. The molecule has 3 nitrogen and oxygen atoms in total. The minimum Gasteiger partial charge on any atom is -0.462 e. The summed E-state index contributed by atoms with van der Waals surface area (Å²) in [5.74, 6) is -0.742. The Balaban J connectivity index is 2.49. The average Bonchev–Trinajstić information content (AvgIpc) is 2.86. The number of halogens is 7. The van der Waals surface area contributed by atoms with Crippen LogP contribution in [0.4, 0.5) is 26.3 Å². The van der Waals surface area contributed by atoms with Crippen LogP contribution in [0.15, 0.2) is 22.1 Å². The van der Waals surface area contributed by atoms with Crippen LogP contribution in [-0.2, 0) is 23.5 Å². The molecule has 1 heterocycles. The molecule has 0 saturated carbocycles. The van der Waals surface area contributed by atoms with Crippen LogP contribution in [0, 0.1) is 0 Å². The maximum Gasteiger partial charge on any atom is 0.416 e. The number of esters is 1. The van der Waals surface area contributed by atoms with E-state index in [1.807, 2.05) is 0 Å². The number of carbonyl (C=O) groups is 1. The predicted octanol–water partition coefficient (Wildman–Crippen LogP) is 5.71. The first-order valence-electron chi connectivity index (χ1n) is 7.02. The Labute approximate surface area is 156 Å². The van der Waals surface area contributed by atoms with Gasteiger partial charge in [-0.1, -0.05) is 11.3 Å². The molecule has 2 rings (SSSR count). The van der Waals surface area contributed by atoms with E-state index in [1.165, 1.54) is 0 Å². The highest BCUT2D eigenvalue weighted by atomic mass is 79.9. The molecule has 0 bridgehead atoms. The monoisotopic (exact) mass is 461 g/mol. The van der Waals surface area contributed by atoms with Crippen molar-refractivity contribution in [3.63, 3.8) is 0 Å². The van der Waals surface area contributed by atoms with E-state index >= 15 is 0 Å². The summed E-state index contributed by atoms with van der Waals surface area (Å²) in [4.78, 5) is 15.9. The molecule has 0 atom stereocenters. The third kappa shape index (κ3) is 4.97. The van der Waals surface area contributed by atoms with Crippen LogP contribution in [-0.4, -0.2) is 17.6 Å². The second kappa shape index (κ2) is 7.55. The van der Waals surface area contributed by atoms with Crippen molar-refractivity contribution < 1.29 is 35.9 Å². The third-order valence-electron chi connectivity index (χ3n) is 3.15. The zero-order chi connectivity index (χ0) is 19.7. The Bertz CT molecular complexity index is 783. The molecular weight excluding hydrogens is 452 g/mol. The summed E-state index contributed by atoms with van der Waals surface area (Å²) >= 11 is 3.94. The first-order chi connectivity index (χ1) is 11.9. The van der Waals surface area contributed by atoms with E-state index < -0.39 is 29.4 Å². The predicted molar refractivity (Wildman–Crippen MR) is 85.0 cm³/mol. The number of rotatable bonds is 4. The van der Waals surface area contributed by atoms with E-state index in [9.17, 15) is 31.1 Å². The Hall–Kier alpha value is -1.62. The van der Waals surface area contributed by atoms with Crippen LogP contribution in [0.5, 0.6) is 0 Å². The van der Waals surface area contributed by atoms with Gasteiger partial charge in [-0.3, -0.25) is 0 Å². The summed E-state index contributed by atoms with van der Waals surface area (Å²) in [7, 11) is 0. The third-order valence-corrected chi connectivity index (χ3v) is 4.68. The van der Waals surface area contributed by atoms with Crippen molar-refractivity contribution in [2.75, 3.05) is 6.61 Å². The lowest BCUT2D eigenvalue weighted by Crippen LogP contribution is -2.12. The molecule has 0 fully saturated rings. The fourth-order valence-corrected chi connectivity index (χ4v) is 3.52. The first-order valence-corrected chi connectivity index (χ1v) is 8.63. The maximum atomic E-state index is 12.9. The van der Waals surface area contributed by atoms with Gasteiger partial charge in [-0.25, -0.2) is 9.78 Å². The van der Waals surface area contributed by atoms with Gasteiger partial charge >= 0.3 is 18.3 Å². The number of hydrogen-bond acceptors (Lipinski definition) is 4. The highest BCUT2D eigenvalue weighted by Gasteiger charge is 2.37. The van der Waals surface area contributed by atoms with Crippen LogP contribution >= 0.6 is 27.3 Å². The topological polar surface area (TPSA) is 39.2 Å². The first kappa shape index (κ1) is 20.7. The van der Waals surface area contributed by atoms with Gasteiger partial charge in [-0.05, 0) is 46.6 Å². The van der Waals surface area contributed by atoms with Gasteiger partial charge in [-0.2, -0.15) is 26.3 Å². The minimum atomic E-state index is -4.94. The lowest BCUT2D eigenvalue weighted by molar-refractivity contribution is -0.143. The second-order valence-corrected chi connectivity index (χ2v) is 7.33. The summed E-state index contributed by atoms with van der Waals surface area (Å²) in [5, 5.41) is 0. The van der Waals surface area contributed by atoms with Gasteiger partial charge in [0.25, 0.3) is 0 Å². The van der Waals surface area contributed by atoms with E-state index in [0.29, 0.717) is 12.1 Å². The number of thiazole rings is 1. The Morgan fingerprint density at radius 1 is 1.12 bits per heavy atom. The Kier molecular flexibility index (Phi) is 6.01. The highest BCUT2D eigenvalue weighted by molar-refractivity contribution is 9.11. The number of alkyl halides is 6. The zero-order valence-electron chi connectivity index (χ0n) is 13.0. The molecule has 142 valence electrons. The molecular formula is C15H10BrF6NO2S. The number of carbonyl (C=O) groups excluding carboxylic acids is 1. The van der Waals surface area contributed by atoms with Crippen molar-refractivity contribution in [1.29, 1.82) is 0 Å². The van der Waals surface area contributed by atoms with E-state index in [1.54, 1.807) is 6.92 Å². The van der Waals surface area contributed by atoms with Gasteiger partial charge in [0.15, 0.2) is 3.92 Å². The van der Waals surface area contributed by atoms with E-state index in [0.717, 1.165) is 11.3 Å². The van der Waals surface area contributed by atoms with Gasteiger partial charge in [-0.15, -0.1) is 0 Å². The number of nitrogens with zero attached hydrogens (tertiary/aromatic N) is 1. The van der Waals surface area contributed by atoms with E-state index in [2.05, 4.69) is 20.9 Å². The van der Waals surface area contributed by atoms with Crippen molar-refractivity contribution in [3.8, 4) is 0 Å². The molecule has 0 amide bonds. The highest BCUT2D eigenvalue weighted by Crippen LogP contribution is 2.37. The standard InChI is InChI=1S/C15H10BrF6NO2S/c1-2-25-12(24)11-10(23-13(16)26-11)5-7-3-8(14(17,18)19)6-9(4-7)15(20,21)22/h3-4,6H,2,5H2,1H3. The molecule has 0 N–H and O–H groups in total. The number of hydrogen-bond donors (Lipinski definition) is 0. The smallest absolute Gasteiger partial charge is 0.416 e. The van der Waals surface area contributed by atoms with Gasteiger partial charge in [0.1, 0.15) is 4.88 Å². The molecule has 1 aromatic heterocycles. The molecule has 26 heavy (non-hydrogen) atoms. The van der Waals surface area contributed by atoms with Crippen LogP contribution in [0.3, 0.4) is 0 Å². The fraction of sp³-hybridized carbons (Fsp3) is 0.333. The van der Waals surface area contributed by atoms with Crippen molar-refractivity contribution in [2.45, 2.75) is 25.7 Å². The Morgan fingerprint density at radius 3 is 2.12 bits per heavy atom. The summed E-state index contributed by atoms with van der Waals surface area (Å²) in [5.41, 5.74) is -3.08. The molecule has 0 aliphatic carbocycles. The molecule has 0 saturated heterocycles. The van der Waals surface area contributed by atoms with Crippen LogP contribution in [0.1, 0.15) is 39.0 Å². The summed E-state index contributed by atoms with van der Waals surface area (Å²) in [6.07, 6.45) is -10.3. The van der Waals surface area contributed by atoms with Gasteiger partial charge < -0.3 is 4.74 Å². The lowest BCUT2D eigenvalue weighted by atomic mass is 10.0. The second-order valence-electron chi connectivity index (χ2n) is 5.05. The van der Waals surface area contributed by atoms with Crippen molar-refractivity contribution in [1.82, 2.24) is 4.98 Å². The van der Waals surface area contributed by atoms with Gasteiger partial charge in [0, 0.05) is 6.42 Å². The molecule has 0 spiro atoms. The van der Waals surface area contributed by atoms with E-state index in [-0.39, 0.29) is 39.1 Å². The largest absolute Gasteiger partial charge is 0.462 e. The van der Waals surface area contributed by atoms with Gasteiger partial charge in [0.05, 0.1) is 23.4 Å². The lowest BCUT2D eigenvalue weighted by Gasteiger charge is -2.14. The van der Waals surface area contributed by atoms with Crippen LogP contribution in [0.25, 0.3) is 0 Å². The average molecular weight is 462 g/mol. The minimum absolute atomic E-state index is 0.0182. The number of aromatic nitrogens is 1. The molecule has 0 radical (unpaired) electrons. The normalized spacial score (nSPS) is 12.3. The fourth-order valence-electron chi connectivity index (χ4n) is 2.11. The molecule has 0 aliphatic heterocycles. The quantitative estimate of drug-likeness (QED) is 0.432. The summed E-state index contributed by atoms with van der Waals surface area (Å²) < 4.78 is 82.6. The van der Waals surface area contributed by atoms with Crippen LogP contribution in [0.2, 0.25) is 0 Å². The number of ether oxygens (including phenoxy) is 1. The molecule has 1 aromatic carbocycles. The molecule has 11 heteroatoms. The van der Waals surface area contributed by atoms with Crippen LogP contribution < -0.4 is 0 Å². The molecule has 2 aromatic rings. The van der Waals surface area contributed by atoms with Crippen molar-refractivity contribution >= 4 is 33.2 Å². The van der Waals surface area contributed by atoms with Crippen molar-refractivity contribution in [3.05, 3.63) is 49.4 Å². The summed E-state index contributed by atoms with van der Waals surface area (Å²) in [6, 6.07) is 1.27. The van der Waals surface area contributed by atoms with Crippen molar-refractivity contribution in [2.24, 2.45) is 0 Å². The van der Waals surface area contributed by atoms with E-state index in [4.69, 9.17) is 4.74 Å². The van der Waals surface area contributed by atoms with Gasteiger partial charge in [0.2, 0.25) is 0 Å². The summed E-state index contributed by atoms with van der Waals surface area (Å²) in [6.45, 7) is 1.63. The molecule has 0 aliphatic rings. The Morgan fingerprint density at radius 2 is 1.65 bits per heavy atom. The maximum absolute atomic E-state index is 12.9.